The van der Waals surface area contributed by atoms with Crippen LogP contribution in [0.1, 0.15) is 21.5 Å². The van der Waals surface area contributed by atoms with Gasteiger partial charge in [-0.1, -0.05) is 0 Å². The van der Waals surface area contributed by atoms with Gasteiger partial charge in [-0.25, -0.2) is 15.0 Å². The molecule has 0 aliphatic heterocycles. The normalized spacial score (nSPS) is 12.0. The molecule has 0 aromatic carbocycles. The van der Waals surface area contributed by atoms with Crippen molar-refractivity contribution in [3.63, 3.8) is 0 Å². The number of pyridine rings is 3. The number of rotatable bonds is 5. The zero-order valence-corrected chi connectivity index (χ0v) is 17.9. The van der Waals surface area contributed by atoms with Crippen molar-refractivity contribution in [2.75, 3.05) is 12.4 Å². The van der Waals surface area contributed by atoms with Crippen molar-refractivity contribution in [1.29, 1.82) is 0 Å². The molecule has 36 heavy (non-hydrogen) atoms. The monoisotopic (exact) mass is 509 g/mol. The first-order chi connectivity index (χ1) is 16.9. The fourth-order valence-electron chi connectivity index (χ4n) is 3.17. The van der Waals surface area contributed by atoms with Crippen LogP contribution in [0.5, 0.6) is 5.88 Å². The van der Waals surface area contributed by atoms with Crippen molar-refractivity contribution >= 4 is 28.6 Å². The lowest BCUT2D eigenvalue weighted by Crippen LogP contribution is -2.16. The molecule has 0 spiro atoms. The Hall–Kier alpha value is -4.56. The first-order valence-electron chi connectivity index (χ1n) is 9.77. The molecular formula is C21H13F6N7O2. The van der Waals surface area contributed by atoms with Crippen LogP contribution in [0.25, 0.3) is 22.6 Å². The van der Waals surface area contributed by atoms with E-state index in [1.54, 1.807) is 0 Å². The molecule has 0 atom stereocenters. The minimum absolute atomic E-state index is 0.0266. The highest BCUT2D eigenvalue weighted by Crippen LogP contribution is 2.37. The van der Waals surface area contributed by atoms with Gasteiger partial charge in [0.1, 0.15) is 28.3 Å². The maximum atomic E-state index is 13.6. The summed E-state index contributed by atoms with van der Waals surface area (Å²) in [6.07, 6.45) is -6.40. The molecule has 3 N–H and O–H groups in total. The zero-order chi connectivity index (χ0) is 26.3. The summed E-state index contributed by atoms with van der Waals surface area (Å²) < 4.78 is 84.8. The number of nitrogens with one attached hydrogen (secondary N) is 1. The second kappa shape index (κ2) is 8.90. The molecule has 9 nitrogen and oxygen atoms in total. The summed E-state index contributed by atoms with van der Waals surface area (Å²) in [7, 11) is 1.04. The van der Waals surface area contributed by atoms with E-state index in [9.17, 15) is 31.1 Å². The van der Waals surface area contributed by atoms with Crippen molar-refractivity contribution in [3.8, 4) is 17.3 Å². The van der Waals surface area contributed by atoms with Crippen molar-refractivity contribution in [2.45, 2.75) is 12.4 Å². The predicted octanol–water partition coefficient (Wildman–Crippen LogP) is 4.37. The van der Waals surface area contributed by atoms with E-state index in [4.69, 9.17) is 10.5 Å². The molecule has 4 aromatic heterocycles. The maximum Gasteiger partial charge on any atom is 0.421 e. The van der Waals surface area contributed by atoms with Crippen molar-refractivity contribution in [1.82, 2.24) is 24.9 Å². The largest absolute Gasteiger partial charge is 0.481 e. The van der Waals surface area contributed by atoms with Gasteiger partial charge >= 0.3 is 12.4 Å². The van der Waals surface area contributed by atoms with Crippen LogP contribution in [0.4, 0.5) is 37.8 Å². The molecule has 0 aliphatic carbocycles. The highest BCUT2D eigenvalue weighted by atomic mass is 19.4. The van der Waals surface area contributed by atoms with Crippen LogP contribution in [0, 0.1) is 0 Å². The number of halogens is 6. The lowest BCUT2D eigenvalue weighted by molar-refractivity contribution is -0.139. The number of carbonyl (C=O) groups excluding carboxylic acids is 1. The van der Waals surface area contributed by atoms with E-state index in [-0.39, 0.29) is 28.4 Å². The fraction of sp³-hybridized carbons (Fsp3) is 0.143. The molecular weight excluding hydrogens is 496 g/mol. The number of hydrogen-bond donors (Lipinski definition) is 2. The van der Waals surface area contributed by atoms with Crippen LogP contribution in [-0.4, -0.2) is 37.9 Å². The van der Waals surface area contributed by atoms with Gasteiger partial charge in [0.25, 0.3) is 0 Å². The summed E-state index contributed by atoms with van der Waals surface area (Å²) >= 11 is 0. The molecule has 186 valence electrons. The molecule has 0 unspecified atom stereocenters. The van der Waals surface area contributed by atoms with Gasteiger partial charge in [0, 0.05) is 12.4 Å². The average molecular weight is 509 g/mol. The van der Waals surface area contributed by atoms with Gasteiger partial charge in [-0.05, 0) is 24.3 Å². The summed E-state index contributed by atoms with van der Waals surface area (Å²) in [5, 5.41) is 2.77. The second-order valence-electron chi connectivity index (χ2n) is 7.14. The van der Waals surface area contributed by atoms with Gasteiger partial charge in [-0.2, -0.15) is 31.3 Å². The summed E-state index contributed by atoms with van der Waals surface area (Å²) in [6.45, 7) is 0. The van der Waals surface area contributed by atoms with Gasteiger partial charge in [-0.3, -0.25) is 9.78 Å². The van der Waals surface area contributed by atoms with Crippen LogP contribution in [-0.2, 0) is 12.4 Å². The molecule has 0 aliphatic rings. The Balaban J connectivity index is 1.75. The maximum absolute atomic E-state index is 13.6. The molecule has 15 heteroatoms. The van der Waals surface area contributed by atoms with E-state index in [1.807, 2.05) is 0 Å². The highest BCUT2D eigenvalue weighted by Gasteiger charge is 2.36. The average Bonchev–Trinajstić information content (AvgIpc) is 2.82. The third kappa shape index (κ3) is 4.80. The lowest BCUT2D eigenvalue weighted by atomic mass is 10.1. The molecule has 1 amide bonds. The number of amides is 1. The third-order valence-electron chi connectivity index (χ3n) is 4.79. The number of carbonyl (C=O) groups is 1. The zero-order valence-electron chi connectivity index (χ0n) is 17.9. The number of primary amides is 1. The number of alkyl halides is 6. The minimum Gasteiger partial charge on any atom is -0.481 e. The van der Waals surface area contributed by atoms with Crippen LogP contribution in [0.15, 0.2) is 42.9 Å². The lowest BCUT2D eigenvalue weighted by Gasteiger charge is -2.14. The third-order valence-corrected chi connectivity index (χ3v) is 4.79. The first-order valence-corrected chi connectivity index (χ1v) is 9.77. The highest BCUT2D eigenvalue weighted by molar-refractivity contribution is 5.93. The molecule has 0 radical (unpaired) electrons. The number of aromatic nitrogens is 5. The molecule has 0 saturated carbocycles. The minimum atomic E-state index is -4.88. The van der Waals surface area contributed by atoms with Gasteiger partial charge in [-0.15, -0.1) is 0 Å². The van der Waals surface area contributed by atoms with E-state index in [0.29, 0.717) is 6.07 Å². The van der Waals surface area contributed by atoms with Crippen LogP contribution in [0.2, 0.25) is 0 Å². The van der Waals surface area contributed by atoms with Crippen LogP contribution >= 0.6 is 0 Å². The topological polar surface area (TPSA) is 129 Å². The van der Waals surface area contributed by atoms with Crippen molar-refractivity contribution in [2.24, 2.45) is 5.73 Å². The summed E-state index contributed by atoms with van der Waals surface area (Å²) in [5.41, 5.74) is 1.61. The van der Waals surface area contributed by atoms with Gasteiger partial charge in [0.2, 0.25) is 11.8 Å². The van der Waals surface area contributed by atoms with Gasteiger partial charge in [0.05, 0.1) is 30.1 Å². The van der Waals surface area contributed by atoms with Crippen molar-refractivity contribution < 1.29 is 35.9 Å². The number of anilines is 2. The number of methoxy groups -OCH3 is 1. The van der Waals surface area contributed by atoms with Crippen LogP contribution in [0.3, 0.4) is 0 Å². The fourth-order valence-corrected chi connectivity index (χ4v) is 3.17. The van der Waals surface area contributed by atoms with E-state index >= 15 is 0 Å². The Morgan fingerprint density at radius 1 is 0.944 bits per heavy atom. The standard InChI is InChI=1S/C21H13F6N7O2/c1-36-19-10(20(22,23)24)2-3-14(34-19)32-12-4-5-29-18-16(12)31-8-13(33-18)15-11(21(25,26)27)6-9(7-30-15)17(28)35/h2-8H,1H3,(H2,28,35)(H,29,32,33,34). The number of ether oxygens (including phenoxy) is 1. The number of fused-ring (bicyclic) bond motifs is 1. The Morgan fingerprint density at radius 2 is 1.67 bits per heavy atom. The summed E-state index contributed by atoms with van der Waals surface area (Å²) in [5.74, 6) is -1.78. The molecule has 4 aromatic rings. The van der Waals surface area contributed by atoms with E-state index < -0.39 is 46.5 Å². The summed E-state index contributed by atoms with van der Waals surface area (Å²) in [4.78, 5) is 31.0. The van der Waals surface area contributed by atoms with Crippen molar-refractivity contribution in [3.05, 3.63) is 59.5 Å². The van der Waals surface area contributed by atoms with E-state index in [0.717, 1.165) is 31.6 Å². The number of nitrogens with zero attached hydrogens (tertiary/aromatic N) is 5. The summed E-state index contributed by atoms with van der Waals surface area (Å²) in [6, 6.07) is 3.83. The molecule has 0 saturated heterocycles. The molecule has 0 bridgehead atoms. The molecule has 0 fully saturated rings. The Kier molecular flexibility index (Phi) is 6.07. The van der Waals surface area contributed by atoms with Gasteiger partial charge < -0.3 is 15.8 Å². The van der Waals surface area contributed by atoms with Crippen LogP contribution < -0.4 is 15.8 Å². The molecule has 4 heterocycles. The molecule has 4 rings (SSSR count). The van der Waals surface area contributed by atoms with E-state index in [1.165, 1.54) is 12.3 Å². The SMILES string of the molecule is COc1nc(Nc2ccnc3nc(-c4ncc(C(N)=O)cc4C(F)(F)F)cnc23)ccc1C(F)(F)F. The number of hydrogen-bond acceptors (Lipinski definition) is 8. The Morgan fingerprint density at radius 3 is 2.31 bits per heavy atom. The Labute approximate surface area is 197 Å². The predicted molar refractivity (Wildman–Crippen MR) is 113 cm³/mol. The van der Waals surface area contributed by atoms with E-state index in [2.05, 4.69) is 30.2 Å². The quantitative estimate of drug-likeness (QED) is 0.380. The number of nitrogens with two attached hydrogens (primary N) is 1. The van der Waals surface area contributed by atoms with Gasteiger partial charge in [0.15, 0.2) is 5.65 Å². The second-order valence-corrected chi connectivity index (χ2v) is 7.14. The Bertz CT molecular complexity index is 1470. The smallest absolute Gasteiger partial charge is 0.421 e. The first kappa shape index (κ1) is 24.6.